The van der Waals surface area contributed by atoms with Crippen LogP contribution >= 0.6 is 0 Å². The molecular weight excluding hydrogens is 294 g/mol. The lowest BCUT2D eigenvalue weighted by Gasteiger charge is -2.43. The highest BCUT2D eigenvalue weighted by atomic mass is 16.5. The summed E-state index contributed by atoms with van der Waals surface area (Å²) in [7, 11) is 2.14. The first kappa shape index (κ1) is 15.9. The summed E-state index contributed by atoms with van der Waals surface area (Å²) >= 11 is 0. The van der Waals surface area contributed by atoms with Crippen LogP contribution in [0.15, 0.2) is 54.6 Å². The standard InChI is InChI=1S/C22H27NO/c1-23-22-12-11-18(16-24-15-17-7-3-2-4-8-17)13-20(22)14-19-9-5-6-10-21(19)22/h2-10,18,20,23H,11-16H2,1H3. The van der Waals surface area contributed by atoms with Gasteiger partial charge in [0.25, 0.3) is 0 Å². The summed E-state index contributed by atoms with van der Waals surface area (Å²) < 4.78 is 6.03. The lowest BCUT2D eigenvalue weighted by Crippen LogP contribution is -2.48. The first-order valence-electron chi connectivity index (χ1n) is 9.21. The van der Waals surface area contributed by atoms with Crippen LogP contribution in [0.4, 0.5) is 0 Å². The van der Waals surface area contributed by atoms with Gasteiger partial charge in [-0.2, -0.15) is 0 Å². The van der Waals surface area contributed by atoms with Crippen LogP contribution in [0.25, 0.3) is 0 Å². The van der Waals surface area contributed by atoms with Gasteiger partial charge in [-0.3, -0.25) is 0 Å². The molecular formula is C22H27NO. The molecule has 3 unspecified atom stereocenters. The van der Waals surface area contributed by atoms with E-state index in [2.05, 4.69) is 67.0 Å². The third-order valence-corrected chi connectivity index (χ3v) is 6.14. The van der Waals surface area contributed by atoms with E-state index in [1.54, 1.807) is 11.1 Å². The Morgan fingerprint density at radius 3 is 2.71 bits per heavy atom. The number of rotatable bonds is 5. The number of nitrogens with one attached hydrogen (secondary N) is 1. The maximum Gasteiger partial charge on any atom is 0.0717 e. The van der Waals surface area contributed by atoms with Crippen LogP contribution in [-0.2, 0) is 23.3 Å². The zero-order valence-corrected chi connectivity index (χ0v) is 14.5. The summed E-state index contributed by atoms with van der Waals surface area (Å²) in [5.74, 6) is 1.40. The van der Waals surface area contributed by atoms with Crippen molar-refractivity contribution >= 4 is 0 Å². The largest absolute Gasteiger partial charge is 0.376 e. The maximum absolute atomic E-state index is 6.03. The summed E-state index contributed by atoms with van der Waals surface area (Å²) in [6, 6.07) is 19.5. The predicted octanol–water partition coefficient (Wildman–Crippen LogP) is 4.29. The fourth-order valence-electron chi connectivity index (χ4n) is 4.90. The third kappa shape index (κ3) is 2.78. The van der Waals surface area contributed by atoms with Crippen LogP contribution in [0, 0.1) is 11.8 Å². The van der Waals surface area contributed by atoms with Crippen molar-refractivity contribution in [1.29, 1.82) is 0 Å². The molecule has 2 aliphatic carbocycles. The second-order valence-corrected chi connectivity index (χ2v) is 7.42. The summed E-state index contributed by atoms with van der Waals surface area (Å²) in [5.41, 5.74) is 4.56. The molecule has 0 amide bonds. The third-order valence-electron chi connectivity index (χ3n) is 6.14. The highest BCUT2D eigenvalue weighted by Crippen LogP contribution is 2.51. The van der Waals surface area contributed by atoms with Crippen molar-refractivity contribution in [2.24, 2.45) is 11.8 Å². The Hall–Kier alpha value is -1.64. The van der Waals surface area contributed by atoms with Crippen LogP contribution < -0.4 is 5.32 Å². The van der Waals surface area contributed by atoms with Gasteiger partial charge in [-0.1, -0.05) is 54.6 Å². The molecule has 0 heterocycles. The molecule has 3 atom stereocenters. The molecule has 0 radical (unpaired) electrons. The minimum absolute atomic E-state index is 0.201. The van der Waals surface area contributed by atoms with E-state index in [1.165, 1.54) is 31.2 Å². The highest BCUT2D eigenvalue weighted by molar-refractivity contribution is 5.40. The van der Waals surface area contributed by atoms with Gasteiger partial charge >= 0.3 is 0 Å². The predicted molar refractivity (Wildman–Crippen MR) is 97.8 cm³/mol. The lowest BCUT2D eigenvalue weighted by molar-refractivity contribution is 0.0385. The Bertz CT molecular complexity index is 683. The van der Waals surface area contributed by atoms with Crippen molar-refractivity contribution in [3.05, 3.63) is 71.3 Å². The van der Waals surface area contributed by atoms with Gasteiger partial charge in [0.2, 0.25) is 0 Å². The van der Waals surface area contributed by atoms with Gasteiger partial charge in [0.1, 0.15) is 0 Å². The topological polar surface area (TPSA) is 21.3 Å². The van der Waals surface area contributed by atoms with E-state index in [1.807, 2.05) is 0 Å². The summed E-state index contributed by atoms with van der Waals surface area (Å²) in [6.07, 6.45) is 4.96. The quantitative estimate of drug-likeness (QED) is 0.887. The van der Waals surface area contributed by atoms with Crippen LogP contribution in [0.2, 0.25) is 0 Å². The minimum atomic E-state index is 0.201. The average molecular weight is 321 g/mol. The second kappa shape index (κ2) is 6.70. The zero-order valence-electron chi connectivity index (χ0n) is 14.5. The summed E-state index contributed by atoms with van der Waals surface area (Å²) in [5, 5.41) is 3.70. The molecule has 126 valence electrons. The van der Waals surface area contributed by atoms with Crippen molar-refractivity contribution in [1.82, 2.24) is 5.32 Å². The van der Waals surface area contributed by atoms with E-state index in [4.69, 9.17) is 4.74 Å². The monoisotopic (exact) mass is 321 g/mol. The fourth-order valence-corrected chi connectivity index (χ4v) is 4.90. The molecule has 2 aliphatic rings. The Labute approximate surface area is 145 Å². The van der Waals surface area contributed by atoms with Gasteiger partial charge in [-0.05, 0) is 61.3 Å². The molecule has 1 saturated carbocycles. The lowest BCUT2D eigenvalue weighted by atomic mass is 9.69. The molecule has 2 nitrogen and oxygen atoms in total. The van der Waals surface area contributed by atoms with Gasteiger partial charge in [0.05, 0.1) is 6.61 Å². The Kier molecular flexibility index (Phi) is 4.43. The molecule has 0 bridgehead atoms. The number of benzene rings is 2. The van der Waals surface area contributed by atoms with Crippen molar-refractivity contribution in [2.75, 3.05) is 13.7 Å². The molecule has 0 spiro atoms. The van der Waals surface area contributed by atoms with E-state index in [-0.39, 0.29) is 5.54 Å². The Morgan fingerprint density at radius 2 is 1.88 bits per heavy atom. The highest BCUT2D eigenvalue weighted by Gasteiger charge is 2.48. The average Bonchev–Trinajstić information content (AvgIpc) is 2.97. The van der Waals surface area contributed by atoms with E-state index >= 15 is 0 Å². The zero-order chi connectivity index (χ0) is 16.4. The molecule has 0 aliphatic heterocycles. The maximum atomic E-state index is 6.03. The van der Waals surface area contributed by atoms with Crippen molar-refractivity contribution < 1.29 is 4.74 Å². The van der Waals surface area contributed by atoms with Crippen LogP contribution in [0.1, 0.15) is 36.0 Å². The first-order chi connectivity index (χ1) is 11.8. The van der Waals surface area contributed by atoms with E-state index in [0.717, 1.165) is 13.2 Å². The number of ether oxygens (including phenoxy) is 1. The van der Waals surface area contributed by atoms with Crippen molar-refractivity contribution in [2.45, 2.75) is 37.8 Å². The summed E-state index contributed by atoms with van der Waals surface area (Å²) in [6.45, 7) is 1.63. The molecule has 4 rings (SSSR count). The van der Waals surface area contributed by atoms with E-state index in [9.17, 15) is 0 Å². The molecule has 24 heavy (non-hydrogen) atoms. The van der Waals surface area contributed by atoms with E-state index in [0.29, 0.717) is 11.8 Å². The van der Waals surface area contributed by atoms with Gasteiger partial charge in [-0.15, -0.1) is 0 Å². The van der Waals surface area contributed by atoms with E-state index < -0.39 is 0 Å². The Morgan fingerprint density at radius 1 is 1.08 bits per heavy atom. The number of hydrogen-bond donors (Lipinski definition) is 1. The minimum Gasteiger partial charge on any atom is -0.376 e. The van der Waals surface area contributed by atoms with Gasteiger partial charge in [0, 0.05) is 12.1 Å². The molecule has 0 saturated heterocycles. The fraction of sp³-hybridized carbons (Fsp3) is 0.455. The van der Waals surface area contributed by atoms with Crippen molar-refractivity contribution in [3.63, 3.8) is 0 Å². The van der Waals surface area contributed by atoms with Crippen molar-refractivity contribution in [3.8, 4) is 0 Å². The van der Waals surface area contributed by atoms with Crippen LogP contribution in [0.3, 0.4) is 0 Å². The van der Waals surface area contributed by atoms with Crippen LogP contribution in [-0.4, -0.2) is 13.7 Å². The SMILES string of the molecule is CNC12CCC(COCc3ccccc3)CC1Cc1ccccc12. The summed E-state index contributed by atoms with van der Waals surface area (Å²) in [4.78, 5) is 0. The molecule has 0 aromatic heterocycles. The molecule has 1 N–H and O–H groups in total. The van der Waals surface area contributed by atoms with Gasteiger partial charge in [0.15, 0.2) is 0 Å². The van der Waals surface area contributed by atoms with Crippen LogP contribution in [0.5, 0.6) is 0 Å². The molecule has 1 fully saturated rings. The van der Waals surface area contributed by atoms with Gasteiger partial charge < -0.3 is 10.1 Å². The Balaban J connectivity index is 1.38. The molecule has 2 aromatic carbocycles. The number of fused-ring (bicyclic) bond motifs is 3. The number of hydrogen-bond acceptors (Lipinski definition) is 2. The normalized spacial score (nSPS) is 28.4. The first-order valence-corrected chi connectivity index (χ1v) is 9.21. The second-order valence-electron chi connectivity index (χ2n) is 7.42. The molecule has 2 heteroatoms. The van der Waals surface area contributed by atoms with Gasteiger partial charge in [-0.25, -0.2) is 0 Å². The molecule has 2 aromatic rings. The smallest absolute Gasteiger partial charge is 0.0717 e.